The van der Waals surface area contributed by atoms with Crippen molar-refractivity contribution in [2.45, 2.75) is 76.5 Å². The normalized spacial score (nSPS) is 35.6. The Morgan fingerprint density at radius 2 is 1.73 bits per heavy atom. The Bertz CT molecular complexity index is 189. The summed E-state index contributed by atoms with van der Waals surface area (Å²) in [6.45, 7) is 2.31. The zero-order chi connectivity index (χ0) is 10.7. The van der Waals surface area contributed by atoms with Crippen LogP contribution in [0.4, 0.5) is 0 Å². The third kappa shape index (κ3) is 2.94. The summed E-state index contributed by atoms with van der Waals surface area (Å²) in [6, 6.07) is 0.977. The number of hydrogen-bond donors (Lipinski definition) is 2. The van der Waals surface area contributed by atoms with Crippen LogP contribution >= 0.6 is 0 Å². The predicted molar refractivity (Wildman–Crippen MR) is 62.8 cm³/mol. The number of aliphatic hydroxyl groups is 1. The molecule has 2 N–H and O–H groups in total. The zero-order valence-electron chi connectivity index (χ0n) is 9.91. The Morgan fingerprint density at radius 3 is 2.33 bits per heavy atom. The van der Waals surface area contributed by atoms with E-state index in [4.69, 9.17) is 0 Å². The molecule has 0 aromatic carbocycles. The lowest BCUT2D eigenvalue weighted by molar-refractivity contribution is 0.133. The summed E-state index contributed by atoms with van der Waals surface area (Å²) in [5.74, 6) is 0.853. The van der Waals surface area contributed by atoms with Crippen LogP contribution in [0.2, 0.25) is 0 Å². The Labute approximate surface area is 93.5 Å². The van der Waals surface area contributed by atoms with E-state index in [9.17, 15) is 5.11 Å². The van der Waals surface area contributed by atoms with Crippen molar-refractivity contribution in [2.75, 3.05) is 0 Å². The average molecular weight is 211 g/mol. The molecule has 2 saturated carbocycles. The predicted octanol–water partition coefficient (Wildman–Crippen LogP) is 2.46. The van der Waals surface area contributed by atoms with Gasteiger partial charge < -0.3 is 10.4 Å². The number of nitrogens with one attached hydrogen (secondary N) is 1. The molecular weight excluding hydrogens is 186 g/mol. The third-order valence-electron chi connectivity index (χ3n) is 4.31. The Hall–Kier alpha value is -0.0800. The van der Waals surface area contributed by atoms with Gasteiger partial charge in [-0.05, 0) is 44.9 Å². The summed E-state index contributed by atoms with van der Waals surface area (Å²) in [5.41, 5.74) is 0. The molecule has 15 heavy (non-hydrogen) atoms. The summed E-state index contributed by atoms with van der Waals surface area (Å²) in [7, 11) is 0. The molecule has 0 spiro atoms. The molecule has 2 aliphatic carbocycles. The van der Waals surface area contributed by atoms with Crippen LogP contribution in [-0.4, -0.2) is 23.3 Å². The smallest absolute Gasteiger partial charge is 0.0693 e. The highest BCUT2D eigenvalue weighted by atomic mass is 16.3. The summed E-state index contributed by atoms with van der Waals surface area (Å²) in [4.78, 5) is 0. The van der Waals surface area contributed by atoms with Gasteiger partial charge in [-0.25, -0.2) is 0 Å². The van der Waals surface area contributed by atoms with E-state index in [0.717, 1.165) is 18.8 Å². The summed E-state index contributed by atoms with van der Waals surface area (Å²) >= 11 is 0. The van der Waals surface area contributed by atoms with E-state index in [2.05, 4.69) is 12.2 Å². The van der Waals surface area contributed by atoms with Crippen molar-refractivity contribution < 1.29 is 5.11 Å². The van der Waals surface area contributed by atoms with Crippen molar-refractivity contribution in [3.05, 3.63) is 0 Å². The highest BCUT2D eigenvalue weighted by Crippen LogP contribution is 2.28. The summed E-state index contributed by atoms with van der Waals surface area (Å²) in [5, 5.41) is 13.4. The molecule has 0 unspecified atom stereocenters. The molecule has 0 bridgehead atoms. The molecule has 0 saturated heterocycles. The Balaban J connectivity index is 1.77. The molecule has 2 fully saturated rings. The molecular formula is C13H25NO. The van der Waals surface area contributed by atoms with E-state index < -0.39 is 0 Å². The van der Waals surface area contributed by atoms with Crippen LogP contribution in [0.1, 0.15) is 58.3 Å². The van der Waals surface area contributed by atoms with E-state index in [-0.39, 0.29) is 6.10 Å². The topological polar surface area (TPSA) is 32.3 Å². The molecule has 2 nitrogen and oxygen atoms in total. The van der Waals surface area contributed by atoms with Gasteiger partial charge in [-0.15, -0.1) is 0 Å². The largest absolute Gasteiger partial charge is 0.392 e. The average Bonchev–Trinajstić information content (AvgIpc) is 2.66. The second-order valence-corrected chi connectivity index (χ2v) is 5.46. The van der Waals surface area contributed by atoms with Gasteiger partial charge in [-0.1, -0.05) is 19.3 Å². The monoisotopic (exact) mass is 211 g/mol. The lowest BCUT2D eigenvalue weighted by Gasteiger charge is -2.31. The van der Waals surface area contributed by atoms with Gasteiger partial charge in [-0.2, -0.15) is 0 Å². The van der Waals surface area contributed by atoms with E-state index in [1.165, 1.54) is 38.5 Å². The molecule has 3 atom stereocenters. The Kier molecular flexibility index (Phi) is 4.04. The van der Waals surface area contributed by atoms with E-state index >= 15 is 0 Å². The van der Waals surface area contributed by atoms with Crippen molar-refractivity contribution in [3.8, 4) is 0 Å². The van der Waals surface area contributed by atoms with Crippen LogP contribution < -0.4 is 5.32 Å². The fourth-order valence-electron chi connectivity index (χ4n) is 3.24. The van der Waals surface area contributed by atoms with Gasteiger partial charge in [-0.3, -0.25) is 0 Å². The second kappa shape index (κ2) is 5.31. The maximum Gasteiger partial charge on any atom is 0.0693 e. The SMILES string of the molecule is C[C@H](N[C@H]1CCC[C@@H]1O)C1CCCCC1. The highest BCUT2D eigenvalue weighted by Gasteiger charge is 2.28. The summed E-state index contributed by atoms with van der Waals surface area (Å²) < 4.78 is 0. The third-order valence-corrected chi connectivity index (χ3v) is 4.31. The molecule has 2 rings (SSSR count). The molecule has 0 aromatic heterocycles. The first-order valence-electron chi connectivity index (χ1n) is 6.71. The number of rotatable bonds is 3. The van der Waals surface area contributed by atoms with Gasteiger partial charge in [0.05, 0.1) is 6.10 Å². The Morgan fingerprint density at radius 1 is 1.00 bits per heavy atom. The maximum atomic E-state index is 9.77. The fourth-order valence-corrected chi connectivity index (χ4v) is 3.24. The van der Waals surface area contributed by atoms with Crippen molar-refractivity contribution in [1.82, 2.24) is 5.32 Å². The van der Waals surface area contributed by atoms with Crippen molar-refractivity contribution in [3.63, 3.8) is 0 Å². The molecule has 88 valence electrons. The van der Waals surface area contributed by atoms with Crippen LogP contribution in [-0.2, 0) is 0 Å². The molecule has 0 heterocycles. The number of hydrogen-bond acceptors (Lipinski definition) is 2. The van der Waals surface area contributed by atoms with Crippen LogP contribution in [0, 0.1) is 5.92 Å². The lowest BCUT2D eigenvalue weighted by Crippen LogP contribution is -2.45. The van der Waals surface area contributed by atoms with Gasteiger partial charge in [0, 0.05) is 12.1 Å². The van der Waals surface area contributed by atoms with Crippen LogP contribution in [0.15, 0.2) is 0 Å². The molecule has 0 amide bonds. The maximum absolute atomic E-state index is 9.77. The van der Waals surface area contributed by atoms with E-state index in [1.807, 2.05) is 0 Å². The van der Waals surface area contributed by atoms with Gasteiger partial charge in [0.1, 0.15) is 0 Å². The quantitative estimate of drug-likeness (QED) is 0.751. The van der Waals surface area contributed by atoms with Crippen molar-refractivity contribution >= 4 is 0 Å². The highest BCUT2D eigenvalue weighted by molar-refractivity contribution is 4.87. The molecule has 0 aromatic rings. The minimum absolute atomic E-state index is 0.0870. The van der Waals surface area contributed by atoms with Crippen LogP contribution in [0.5, 0.6) is 0 Å². The first-order chi connectivity index (χ1) is 7.27. The zero-order valence-corrected chi connectivity index (χ0v) is 9.91. The van der Waals surface area contributed by atoms with Gasteiger partial charge in [0.15, 0.2) is 0 Å². The molecule has 0 radical (unpaired) electrons. The standard InChI is InChI=1S/C13H25NO/c1-10(11-6-3-2-4-7-11)14-12-8-5-9-13(12)15/h10-15H,2-9H2,1H3/t10-,12-,13-/m0/s1. The summed E-state index contributed by atoms with van der Waals surface area (Å²) in [6.07, 6.45) is 10.3. The molecule has 2 aliphatic rings. The van der Waals surface area contributed by atoms with Crippen molar-refractivity contribution in [1.29, 1.82) is 0 Å². The minimum Gasteiger partial charge on any atom is -0.392 e. The first-order valence-corrected chi connectivity index (χ1v) is 6.71. The number of aliphatic hydroxyl groups excluding tert-OH is 1. The van der Waals surface area contributed by atoms with Crippen LogP contribution in [0.3, 0.4) is 0 Å². The second-order valence-electron chi connectivity index (χ2n) is 5.46. The molecule has 2 heteroatoms. The molecule has 0 aliphatic heterocycles. The first kappa shape index (κ1) is 11.4. The van der Waals surface area contributed by atoms with Gasteiger partial charge in [0.25, 0.3) is 0 Å². The van der Waals surface area contributed by atoms with E-state index in [0.29, 0.717) is 12.1 Å². The van der Waals surface area contributed by atoms with Crippen LogP contribution in [0.25, 0.3) is 0 Å². The fraction of sp³-hybridized carbons (Fsp3) is 1.00. The van der Waals surface area contributed by atoms with E-state index in [1.54, 1.807) is 0 Å². The van der Waals surface area contributed by atoms with Gasteiger partial charge >= 0.3 is 0 Å². The minimum atomic E-state index is -0.0870. The van der Waals surface area contributed by atoms with Crippen molar-refractivity contribution in [2.24, 2.45) is 5.92 Å². The van der Waals surface area contributed by atoms with Gasteiger partial charge in [0.2, 0.25) is 0 Å². The lowest BCUT2D eigenvalue weighted by atomic mass is 9.84.